The summed E-state index contributed by atoms with van der Waals surface area (Å²) in [5, 5.41) is 3.18. The maximum atomic E-state index is 12.5. The first kappa shape index (κ1) is 20.7. The van der Waals surface area contributed by atoms with Crippen LogP contribution in [0.1, 0.15) is 29.6 Å². The van der Waals surface area contributed by atoms with Crippen LogP contribution in [0.3, 0.4) is 0 Å². The van der Waals surface area contributed by atoms with Gasteiger partial charge in [-0.05, 0) is 25.5 Å². The average molecular weight is 419 g/mol. The number of aromatic nitrogens is 3. The third kappa shape index (κ3) is 5.27. The molecular formula is C20H26N4O2S2. The Balaban J connectivity index is 1.75. The fraction of sp³-hybridized carbons (Fsp3) is 0.400. The summed E-state index contributed by atoms with van der Waals surface area (Å²) in [7, 11) is -1.36. The van der Waals surface area contributed by atoms with Gasteiger partial charge in [-0.1, -0.05) is 37.3 Å². The number of rotatable bonds is 10. The van der Waals surface area contributed by atoms with E-state index in [1.54, 1.807) is 30.7 Å². The summed E-state index contributed by atoms with van der Waals surface area (Å²) in [6, 6.07) is 10.2. The first-order valence-corrected chi connectivity index (χ1v) is 11.9. The van der Waals surface area contributed by atoms with Gasteiger partial charge >= 0.3 is 0 Å². The molecule has 2 heterocycles. The topological polar surface area (TPSA) is 68.1 Å². The molecule has 0 aliphatic heterocycles. The monoisotopic (exact) mass is 418 g/mol. The highest BCUT2D eigenvalue weighted by atomic mass is 32.2. The summed E-state index contributed by atoms with van der Waals surface area (Å²) in [4.78, 5) is 10.7. The minimum atomic E-state index is -3.37. The molecule has 0 N–H and O–H groups in total. The van der Waals surface area contributed by atoms with Crippen molar-refractivity contribution in [2.24, 2.45) is 0 Å². The minimum absolute atomic E-state index is 0.0527. The number of thiazole rings is 1. The molecule has 8 heteroatoms. The van der Waals surface area contributed by atoms with Crippen LogP contribution in [0.4, 0.5) is 0 Å². The van der Waals surface area contributed by atoms with Gasteiger partial charge in [0.25, 0.3) is 0 Å². The van der Waals surface area contributed by atoms with E-state index in [1.165, 1.54) is 5.56 Å². The smallest absolute Gasteiger partial charge is 0.227 e. The molecule has 0 aliphatic carbocycles. The number of benzene rings is 1. The van der Waals surface area contributed by atoms with E-state index in [0.29, 0.717) is 13.1 Å². The molecular weight excluding hydrogens is 392 g/mol. The lowest BCUT2D eigenvalue weighted by molar-refractivity contribution is 0.306. The molecule has 0 radical (unpaired) electrons. The van der Waals surface area contributed by atoms with E-state index in [-0.39, 0.29) is 10.9 Å². The lowest BCUT2D eigenvalue weighted by Gasteiger charge is -2.17. The van der Waals surface area contributed by atoms with E-state index in [4.69, 9.17) is 0 Å². The lowest BCUT2D eigenvalue weighted by atomic mass is 10.1. The number of nitrogens with zero attached hydrogens (tertiary/aromatic N) is 4. The molecule has 2 aromatic heterocycles. The molecule has 28 heavy (non-hydrogen) atoms. The van der Waals surface area contributed by atoms with Crippen LogP contribution >= 0.6 is 11.3 Å². The molecule has 150 valence electrons. The van der Waals surface area contributed by atoms with Gasteiger partial charge in [0, 0.05) is 24.7 Å². The van der Waals surface area contributed by atoms with E-state index in [2.05, 4.69) is 27.0 Å². The average Bonchev–Trinajstić information content (AvgIpc) is 3.33. The van der Waals surface area contributed by atoms with Gasteiger partial charge in [0.2, 0.25) is 15.0 Å². The normalized spacial score (nSPS) is 12.0. The molecule has 0 fully saturated rings. The molecule has 3 aromatic rings. The SMILES string of the molecule is CCS(=O)(=O)c1ncc(CN(C)Cc2nccs2)n1CCCc1ccccc1. The molecule has 0 saturated heterocycles. The molecule has 0 saturated carbocycles. The van der Waals surface area contributed by atoms with Gasteiger partial charge in [-0.3, -0.25) is 4.90 Å². The highest BCUT2D eigenvalue weighted by Gasteiger charge is 2.22. The van der Waals surface area contributed by atoms with Gasteiger partial charge in [-0.25, -0.2) is 18.4 Å². The second kappa shape index (κ2) is 9.45. The maximum absolute atomic E-state index is 12.5. The summed E-state index contributed by atoms with van der Waals surface area (Å²) < 4.78 is 26.9. The number of imidazole rings is 1. The maximum Gasteiger partial charge on any atom is 0.227 e. The van der Waals surface area contributed by atoms with Crippen molar-refractivity contribution in [3.05, 3.63) is 64.4 Å². The fourth-order valence-corrected chi connectivity index (χ4v) is 4.83. The van der Waals surface area contributed by atoms with Gasteiger partial charge in [0.15, 0.2) is 0 Å². The first-order chi connectivity index (χ1) is 13.5. The molecule has 0 atom stereocenters. The second-order valence-corrected chi connectivity index (χ2v) is 9.93. The third-order valence-electron chi connectivity index (χ3n) is 4.57. The summed E-state index contributed by atoms with van der Waals surface area (Å²) in [6.45, 7) is 3.64. The van der Waals surface area contributed by atoms with Gasteiger partial charge in [-0.2, -0.15) is 0 Å². The Bertz CT molecular complexity index is 967. The van der Waals surface area contributed by atoms with Crippen molar-refractivity contribution >= 4 is 21.2 Å². The zero-order valence-electron chi connectivity index (χ0n) is 16.3. The summed E-state index contributed by atoms with van der Waals surface area (Å²) in [5.41, 5.74) is 2.17. The van der Waals surface area contributed by atoms with Crippen molar-refractivity contribution in [2.75, 3.05) is 12.8 Å². The molecule has 1 aromatic carbocycles. The summed E-state index contributed by atoms with van der Waals surface area (Å²) >= 11 is 1.62. The molecule has 6 nitrogen and oxygen atoms in total. The number of aryl methyl sites for hydroxylation is 1. The Morgan fingerprint density at radius 2 is 1.93 bits per heavy atom. The van der Waals surface area contributed by atoms with Crippen LogP contribution in [0.25, 0.3) is 0 Å². The number of hydrogen-bond acceptors (Lipinski definition) is 6. The third-order valence-corrected chi connectivity index (χ3v) is 6.98. The van der Waals surface area contributed by atoms with Gasteiger partial charge in [-0.15, -0.1) is 11.3 Å². The Kier molecular flexibility index (Phi) is 6.98. The van der Waals surface area contributed by atoms with E-state index < -0.39 is 9.84 Å². The zero-order valence-corrected chi connectivity index (χ0v) is 17.9. The van der Waals surface area contributed by atoms with E-state index in [9.17, 15) is 8.42 Å². The predicted octanol–water partition coefficient (Wildman–Crippen LogP) is 3.40. The van der Waals surface area contributed by atoms with Crippen LogP contribution in [0, 0.1) is 0 Å². The van der Waals surface area contributed by atoms with Crippen molar-refractivity contribution < 1.29 is 8.42 Å². The number of hydrogen-bond donors (Lipinski definition) is 0. The van der Waals surface area contributed by atoms with Crippen molar-refractivity contribution in [1.29, 1.82) is 0 Å². The van der Waals surface area contributed by atoms with E-state index in [1.807, 2.05) is 35.2 Å². The van der Waals surface area contributed by atoms with Crippen molar-refractivity contribution in [2.45, 2.75) is 44.6 Å². The van der Waals surface area contributed by atoms with Gasteiger partial charge in [0.1, 0.15) is 5.01 Å². The summed E-state index contributed by atoms with van der Waals surface area (Å²) in [6.07, 6.45) is 5.26. The van der Waals surface area contributed by atoms with Crippen molar-refractivity contribution in [3.63, 3.8) is 0 Å². The number of sulfone groups is 1. The van der Waals surface area contributed by atoms with Crippen LogP contribution in [0.5, 0.6) is 0 Å². The minimum Gasteiger partial charge on any atom is -0.318 e. The van der Waals surface area contributed by atoms with Crippen molar-refractivity contribution in [3.8, 4) is 0 Å². The van der Waals surface area contributed by atoms with Gasteiger partial charge < -0.3 is 4.57 Å². The van der Waals surface area contributed by atoms with Crippen LogP contribution in [-0.2, 0) is 35.9 Å². The lowest BCUT2D eigenvalue weighted by Crippen LogP contribution is -2.21. The highest BCUT2D eigenvalue weighted by molar-refractivity contribution is 7.91. The quantitative estimate of drug-likeness (QED) is 0.505. The standard InChI is InChI=1S/C20H26N4O2S2/c1-3-28(25,26)20-22-14-18(15-23(2)16-19-21-11-13-27-19)24(20)12-7-10-17-8-5-4-6-9-17/h4-6,8-9,11,13-14H,3,7,10,12,15-16H2,1-2H3. The second-order valence-electron chi connectivity index (χ2n) is 6.77. The molecule has 0 amide bonds. The largest absolute Gasteiger partial charge is 0.318 e. The Morgan fingerprint density at radius 1 is 1.14 bits per heavy atom. The van der Waals surface area contributed by atoms with E-state index >= 15 is 0 Å². The van der Waals surface area contributed by atoms with Crippen LogP contribution in [0.2, 0.25) is 0 Å². The van der Waals surface area contributed by atoms with E-state index in [0.717, 1.165) is 30.1 Å². The highest BCUT2D eigenvalue weighted by Crippen LogP contribution is 2.17. The zero-order chi connectivity index (χ0) is 20.0. The van der Waals surface area contributed by atoms with Gasteiger partial charge in [0.05, 0.1) is 24.2 Å². The predicted molar refractivity (Wildman–Crippen MR) is 112 cm³/mol. The Labute approximate surface area is 170 Å². The molecule has 3 rings (SSSR count). The van der Waals surface area contributed by atoms with Crippen molar-refractivity contribution in [1.82, 2.24) is 19.4 Å². The molecule has 0 aliphatic rings. The summed E-state index contributed by atoms with van der Waals surface area (Å²) in [5.74, 6) is 0.0527. The Morgan fingerprint density at radius 3 is 2.61 bits per heavy atom. The molecule has 0 spiro atoms. The Hall–Kier alpha value is -2.03. The van der Waals surface area contributed by atoms with Crippen LogP contribution < -0.4 is 0 Å². The fourth-order valence-electron chi connectivity index (χ4n) is 3.12. The first-order valence-electron chi connectivity index (χ1n) is 9.37. The molecule has 0 unspecified atom stereocenters. The van der Waals surface area contributed by atoms with Crippen LogP contribution in [-0.4, -0.2) is 40.7 Å². The van der Waals surface area contributed by atoms with Crippen LogP contribution in [0.15, 0.2) is 53.3 Å². The molecule has 0 bridgehead atoms.